The summed E-state index contributed by atoms with van der Waals surface area (Å²) in [6, 6.07) is 9.82. The Morgan fingerprint density at radius 3 is 2.48 bits per heavy atom. The van der Waals surface area contributed by atoms with Gasteiger partial charge in [0.2, 0.25) is 0 Å². The Bertz CT molecular complexity index is 1010. The Balaban J connectivity index is 1.80. The molecule has 0 saturated carbocycles. The number of aromatic nitrogens is 3. The number of nitrogens with zero attached hydrogens (tertiary/aromatic N) is 3. The molecule has 2 aromatic heterocycles. The van der Waals surface area contributed by atoms with Crippen molar-refractivity contribution in [2.45, 2.75) is 13.8 Å². The normalized spacial score (nSPS) is 10.5. The van der Waals surface area contributed by atoms with Gasteiger partial charge in [0, 0.05) is 22.6 Å². The zero-order chi connectivity index (χ0) is 19.6. The molecule has 0 saturated heterocycles. The van der Waals surface area contributed by atoms with E-state index in [1.54, 1.807) is 22.9 Å². The number of rotatable bonds is 4. The van der Waals surface area contributed by atoms with Crippen LogP contribution in [0.3, 0.4) is 0 Å². The van der Waals surface area contributed by atoms with Crippen molar-refractivity contribution in [2.24, 2.45) is 0 Å². The number of nitrogens with one attached hydrogen (secondary N) is 1. The second kappa shape index (κ2) is 7.59. The van der Waals surface area contributed by atoms with Crippen LogP contribution in [0.4, 0.5) is 5.69 Å². The SMILES string of the molecule is COC(=O)c1cc(Cl)cc(NC(=O)c2ccc(-n3nc(C)cc3C)nc2)c1. The molecule has 3 aromatic rings. The van der Waals surface area contributed by atoms with Crippen LogP contribution >= 0.6 is 11.6 Å². The van der Waals surface area contributed by atoms with E-state index in [0.717, 1.165) is 11.4 Å². The minimum absolute atomic E-state index is 0.248. The molecule has 1 amide bonds. The van der Waals surface area contributed by atoms with E-state index >= 15 is 0 Å². The second-order valence-corrected chi connectivity index (χ2v) is 6.35. The predicted molar refractivity (Wildman–Crippen MR) is 102 cm³/mol. The standard InChI is InChI=1S/C19H17ClN4O3/c1-11-6-12(2)24(23-11)17-5-4-13(10-21-17)18(25)22-16-8-14(19(26)27-3)7-15(20)9-16/h4-10H,1-3H3,(H,22,25). The minimum Gasteiger partial charge on any atom is -0.465 e. The molecule has 0 bridgehead atoms. The summed E-state index contributed by atoms with van der Waals surface area (Å²) in [5.41, 5.74) is 2.83. The van der Waals surface area contributed by atoms with E-state index in [2.05, 4.69) is 20.1 Å². The number of amides is 1. The van der Waals surface area contributed by atoms with E-state index < -0.39 is 5.97 Å². The van der Waals surface area contributed by atoms with Gasteiger partial charge in [0.25, 0.3) is 5.91 Å². The van der Waals surface area contributed by atoms with Crippen molar-refractivity contribution in [3.63, 3.8) is 0 Å². The number of pyridine rings is 1. The lowest BCUT2D eigenvalue weighted by Crippen LogP contribution is -2.13. The highest BCUT2D eigenvalue weighted by atomic mass is 35.5. The molecule has 1 N–H and O–H groups in total. The first-order valence-corrected chi connectivity index (χ1v) is 8.45. The van der Waals surface area contributed by atoms with Gasteiger partial charge in [-0.2, -0.15) is 5.10 Å². The Morgan fingerprint density at radius 1 is 1.11 bits per heavy atom. The average molecular weight is 385 g/mol. The first kappa shape index (κ1) is 18.6. The summed E-state index contributed by atoms with van der Waals surface area (Å²) in [4.78, 5) is 28.4. The summed E-state index contributed by atoms with van der Waals surface area (Å²) in [6.45, 7) is 3.83. The van der Waals surface area contributed by atoms with Crippen LogP contribution in [0, 0.1) is 13.8 Å². The number of carbonyl (C=O) groups excluding carboxylic acids is 2. The maximum absolute atomic E-state index is 12.5. The summed E-state index contributed by atoms with van der Waals surface area (Å²) in [6.07, 6.45) is 1.47. The maximum Gasteiger partial charge on any atom is 0.337 e. The number of ether oxygens (including phenoxy) is 1. The molecule has 7 nitrogen and oxygen atoms in total. The highest BCUT2D eigenvalue weighted by Gasteiger charge is 2.12. The molecule has 0 unspecified atom stereocenters. The van der Waals surface area contributed by atoms with Gasteiger partial charge in [0.1, 0.15) is 0 Å². The van der Waals surface area contributed by atoms with E-state index in [4.69, 9.17) is 11.6 Å². The number of hydrogen-bond donors (Lipinski definition) is 1. The number of anilines is 1. The summed E-state index contributed by atoms with van der Waals surface area (Å²) >= 11 is 6.00. The number of hydrogen-bond acceptors (Lipinski definition) is 5. The molecule has 0 spiro atoms. The molecule has 0 radical (unpaired) electrons. The molecule has 0 fully saturated rings. The number of esters is 1. The average Bonchev–Trinajstić information content (AvgIpc) is 2.98. The first-order chi connectivity index (χ1) is 12.9. The monoisotopic (exact) mass is 384 g/mol. The third-order valence-corrected chi connectivity index (χ3v) is 4.03. The third kappa shape index (κ3) is 4.15. The van der Waals surface area contributed by atoms with Gasteiger partial charge in [0.15, 0.2) is 5.82 Å². The number of aryl methyl sites for hydroxylation is 2. The smallest absolute Gasteiger partial charge is 0.337 e. The zero-order valence-electron chi connectivity index (χ0n) is 15.0. The molecule has 8 heteroatoms. The molecular formula is C19H17ClN4O3. The van der Waals surface area contributed by atoms with E-state index in [1.165, 1.54) is 25.4 Å². The lowest BCUT2D eigenvalue weighted by molar-refractivity contribution is 0.0600. The molecule has 1 aromatic carbocycles. The van der Waals surface area contributed by atoms with Gasteiger partial charge < -0.3 is 10.1 Å². The van der Waals surface area contributed by atoms with Gasteiger partial charge in [-0.1, -0.05) is 11.6 Å². The molecule has 138 valence electrons. The number of benzene rings is 1. The minimum atomic E-state index is -0.538. The van der Waals surface area contributed by atoms with Crippen molar-refractivity contribution in [3.05, 3.63) is 70.1 Å². The van der Waals surface area contributed by atoms with E-state index in [1.807, 2.05) is 19.9 Å². The Labute approximate surface area is 160 Å². The fraction of sp³-hybridized carbons (Fsp3) is 0.158. The van der Waals surface area contributed by atoms with Crippen LogP contribution in [0.2, 0.25) is 5.02 Å². The predicted octanol–water partition coefficient (Wildman–Crippen LogP) is 3.58. The fourth-order valence-electron chi connectivity index (χ4n) is 2.61. The van der Waals surface area contributed by atoms with Crippen molar-refractivity contribution < 1.29 is 14.3 Å². The number of halogens is 1. The van der Waals surface area contributed by atoms with Crippen LogP contribution in [0.1, 0.15) is 32.1 Å². The highest BCUT2D eigenvalue weighted by molar-refractivity contribution is 6.31. The van der Waals surface area contributed by atoms with Gasteiger partial charge in [-0.25, -0.2) is 14.5 Å². The van der Waals surface area contributed by atoms with Crippen LogP contribution in [0.5, 0.6) is 0 Å². The van der Waals surface area contributed by atoms with Crippen LogP contribution in [0.25, 0.3) is 5.82 Å². The van der Waals surface area contributed by atoms with Crippen molar-refractivity contribution >= 4 is 29.2 Å². The van der Waals surface area contributed by atoms with Gasteiger partial charge in [-0.15, -0.1) is 0 Å². The van der Waals surface area contributed by atoms with Crippen molar-refractivity contribution in [2.75, 3.05) is 12.4 Å². The summed E-state index contributed by atoms with van der Waals surface area (Å²) < 4.78 is 6.38. The zero-order valence-corrected chi connectivity index (χ0v) is 15.7. The lowest BCUT2D eigenvalue weighted by Gasteiger charge is -2.09. The molecule has 0 aliphatic rings. The molecule has 0 atom stereocenters. The largest absolute Gasteiger partial charge is 0.465 e. The summed E-state index contributed by atoms with van der Waals surface area (Å²) in [7, 11) is 1.28. The van der Waals surface area contributed by atoms with Crippen molar-refractivity contribution in [1.82, 2.24) is 14.8 Å². The van der Waals surface area contributed by atoms with E-state index in [9.17, 15) is 9.59 Å². The van der Waals surface area contributed by atoms with Gasteiger partial charge in [-0.05, 0) is 50.2 Å². The van der Waals surface area contributed by atoms with Gasteiger partial charge in [-0.3, -0.25) is 4.79 Å². The second-order valence-electron chi connectivity index (χ2n) is 5.92. The molecule has 0 aliphatic carbocycles. The first-order valence-electron chi connectivity index (χ1n) is 8.07. The fourth-order valence-corrected chi connectivity index (χ4v) is 2.84. The Morgan fingerprint density at radius 2 is 1.89 bits per heavy atom. The van der Waals surface area contributed by atoms with Gasteiger partial charge >= 0.3 is 5.97 Å². The number of carbonyl (C=O) groups is 2. The van der Waals surface area contributed by atoms with Crippen LogP contribution in [0.15, 0.2) is 42.6 Å². The Hall–Kier alpha value is -3.19. The molecule has 0 aliphatic heterocycles. The number of methoxy groups -OCH3 is 1. The molecule has 27 heavy (non-hydrogen) atoms. The van der Waals surface area contributed by atoms with E-state index in [-0.39, 0.29) is 11.5 Å². The summed E-state index contributed by atoms with van der Waals surface area (Å²) in [5.74, 6) is -0.294. The van der Waals surface area contributed by atoms with Gasteiger partial charge in [0.05, 0.1) is 23.9 Å². The van der Waals surface area contributed by atoms with Crippen LogP contribution in [-0.2, 0) is 4.74 Å². The van der Waals surface area contributed by atoms with Crippen LogP contribution in [-0.4, -0.2) is 33.8 Å². The lowest BCUT2D eigenvalue weighted by atomic mass is 10.2. The van der Waals surface area contributed by atoms with Crippen LogP contribution < -0.4 is 5.32 Å². The quantitative estimate of drug-likeness (QED) is 0.695. The Kier molecular flexibility index (Phi) is 5.23. The highest BCUT2D eigenvalue weighted by Crippen LogP contribution is 2.20. The summed E-state index contributed by atoms with van der Waals surface area (Å²) in [5, 5.41) is 7.37. The third-order valence-electron chi connectivity index (χ3n) is 3.81. The maximum atomic E-state index is 12.5. The van der Waals surface area contributed by atoms with E-state index in [0.29, 0.717) is 22.1 Å². The van der Waals surface area contributed by atoms with Crippen molar-refractivity contribution in [3.8, 4) is 5.82 Å². The molecule has 3 rings (SSSR count). The topological polar surface area (TPSA) is 86.1 Å². The van der Waals surface area contributed by atoms with Crippen molar-refractivity contribution in [1.29, 1.82) is 0 Å². The molecule has 2 heterocycles. The molecular weight excluding hydrogens is 368 g/mol.